The van der Waals surface area contributed by atoms with Crippen LogP contribution in [0.1, 0.15) is 22.8 Å². The van der Waals surface area contributed by atoms with Gasteiger partial charge in [0.25, 0.3) is 0 Å². The summed E-state index contributed by atoms with van der Waals surface area (Å²) in [5.41, 5.74) is 2.50. The van der Waals surface area contributed by atoms with Gasteiger partial charge in [0.05, 0.1) is 36.6 Å². The quantitative estimate of drug-likeness (QED) is 0.770. The predicted octanol–water partition coefficient (Wildman–Crippen LogP) is 2.38. The van der Waals surface area contributed by atoms with Gasteiger partial charge in [0.15, 0.2) is 0 Å². The molecule has 1 aromatic carbocycles. The van der Waals surface area contributed by atoms with Crippen molar-refractivity contribution in [3.05, 3.63) is 35.3 Å². The highest BCUT2D eigenvalue weighted by Gasteiger charge is 2.40. The fourth-order valence-electron chi connectivity index (χ4n) is 4.16. The Kier molecular flexibility index (Phi) is 4.74. The van der Waals surface area contributed by atoms with Crippen molar-refractivity contribution in [2.75, 3.05) is 44.8 Å². The Morgan fingerprint density at radius 3 is 2.96 bits per heavy atom. The molecule has 0 amide bonds. The summed E-state index contributed by atoms with van der Waals surface area (Å²) in [6, 6.07) is 3.16. The number of aryl methyl sites for hydroxylation is 1. The number of carbonyl (C=O) groups excluding carboxylic acids is 1. The topological polar surface area (TPSA) is 54.9 Å². The van der Waals surface area contributed by atoms with E-state index in [1.54, 1.807) is 13.1 Å². The molecular weight excluding hydrogens is 349 g/mol. The van der Waals surface area contributed by atoms with E-state index in [1.807, 2.05) is 6.92 Å². The Bertz CT molecular complexity index is 888. The van der Waals surface area contributed by atoms with Crippen LogP contribution < -0.4 is 4.90 Å². The number of nitrogens with zero attached hydrogens (tertiary/aromatic N) is 3. The van der Waals surface area contributed by atoms with Gasteiger partial charge < -0.3 is 14.4 Å². The van der Waals surface area contributed by atoms with Crippen LogP contribution in [-0.4, -0.2) is 67.9 Å². The molecule has 2 atom stereocenters. The number of likely N-dealkylation sites (N-methyl/N-ethyl adjacent to an activating group) is 1. The Morgan fingerprint density at radius 2 is 2.22 bits per heavy atom. The van der Waals surface area contributed by atoms with Crippen LogP contribution >= 0.6 is 0 Å². The number of aromatic nitrogens is 1. The molecule has 2 aliphatic rings. The molecule has 144 valence electrons. The van der Waals surface area contributed by atoms with Gasteiger partial charge in [-0.3, -0.25) is 9.88 Å². The molecule has 0 spiro atoms. The van der Waals surface area contributed by atoms with Gasteiger partial charge in [-0.1, -0.05) is 0 Å². The molecule has 3 heterocycles. The number of benzene rings is 1. The minimum Gasteiger partial charge on any atom is -0.462 e. The monoisotopic (exact) mass is 373 g/mol. The van der Waals surface area contributed by atoms with Crippen LogP contribution in [0.5, 0.6) is 0 Å². The first-order chi connectivity index (χ1) is 13.0. The molecule has 7 heteroatoms. The van der Waals surface area contributed by atoms with E-state index < -0.39 is 5.97 Å². The number of hydrogen-bond acceptors (Lipinski definition) is 6. The molecule has 0 radical (unpaired) electrons. The maximum absolute atomic E-state index is 14.2. The van der Waals surface area contributed by atoms with Crippen LogP contribution in [0.15, 0.2) is 18.3 Å². The number of hydrogen-bond donors (Lipinski definition) is 0. The fourth-order valence-corrected chi connectivity index (χ4v) is 4.16. The van der Waals surface area contributed by atoms with Gasteiger partial charge in [0.2, 0.25) is 0 Å². The highest BCUT2D eigenvalue weighted by atomic mass is 19.1. The molecule has 2 fully saturated rings. The van der Waals surface area contributed by atoms with Crippen LogP contribution in [0.25, 0.3) is 10.9 Å². The van der Waals surface area contributed by atoms with Crippen molar-refractivity contribution in [3.63, 3.8) is 0 Å². The SMILES string of the molecule is CCOC(=O)c1cnc2c(C)cc(F)cc2c1N1CC2OCCN(C)C2C1. The summed E-state index contributed by atoms with van der Waals surface area (Å²) in [7, 11) is 2.09. The third-order valence-corrected chi connectivity index (χ3v) is 5.49. The summed E-state index contributed by atoms with van der Waals surface area (Å²) in [4.78, 5) is 21.4. The Balaban J connectivity index is 1.86. The smallest absolute Gasteiger partial charge is 0.341 e. The van der Waals surface area contributed by atoms with Crippen molar-refractivity contribution in [2.45, 2.75) is 26.0 Å². The Morgan fingerprint density at radius 1 is 1.41 bits per heavy atom. The molecule has 6 nitrogen and oxygen atoms in total. The van der Waals surface area contributed by atoms with E-state index in [9.17, 15) is 9.18 Å². The van der Waals surface area contributed by atoms with Gasteiger partial charge in [-0.15, -0.1) is 0 Å². The van der Waals surface area contributed by atoms with Crippen molar-refractivity contribution >= 4 is 22.6 Å². The average molecular weight is 373 g/mol. The number of esters is 1. The lowest BCUT2D eigenvalue weighted by molar-refractivity contribution is -0.0362. The molecule has 0 N–H and O–H groups in total. The third-order valence-electron chi connectivity index (χ3n) is 5.49. The van der Waals surface area contributed by atoms with Crippen LogP contribution in [0.2, 0.25) is 0 Å². The van der Waals surface area contributed by atoms with Gasteiger partial charge in [0, 0.05) is 31.2 Å². The standard InChI is InChI=1S/C20H24FN3O3/c1-4-26-20(25)15-9-22-18-12(2)7-13(21)8-14(18)19(15)24-10-16-17(11-24)27-6-5-23(16)3/h7-9,16-17H,4-6,10-11H2,1-3H3. The van der Waals surface area contributed by atoms with Crippen molar-refractivity contribution in [2.24, 2.45) is 0 Å². The second kappa shape index (κ2) is 7.05. The number of ether oxygens (including phenoxy) is 2. The minimum atomic E-state index is -0.437. The van der Waals surface area contributed by atoms with Crippen molar-refractivity contribution < 1.29 is 18.7 Å². The van der Waals surface area contributed by atoms with Gasteiger partial charge in [-0.05, 0) is 38.6 Å². The minimum absolute atomic E-state index is 0.0664. The molecule has 2 aliphatic heterocycles. The van der Waals surface area contributed by atoms with Crippen LogP contribution in [0.4, 0.5) is 10.1 Å². The number of rotatable bonds is 3. The second-order valence-corrected chi connectivity index (χ2v) is 7.22. The summed E-state index contributed by atoms with van der Waals surface area (Å²) in [5, 5.41) is 0.638. The van der Waals surface area contributed by atoms with E-state index >= 15 is 0 Å². The number of halogens is 1. The first-order valence-corrected chi connectivity index (χ1v) is 9.32. The molecule has 2 saturated heterocycles. The molecule has 2 aromatic rings. The highest BCUT2D eigenvalue weighted by Crippen LogP contribution is 2.36. The molecular formula is C20H24FN3O3. The summed E-state index contributed by atoms with van der Waals surface area (Å²) in [6.07, 6.45) is 1.62. The molecule has 27 heavy (non-hydrogen) atoms. The van der Waals surface area contributed by atoms with Crippen molar-refractivity contribution in [3.8, 4) is 0 Å². The first kappa shape index (κ1) is 18.1. The zero-order chi connectivity index (χ0) is 19.1. The largest absolute Gasteiger partial charge is 0.462 e. The number of fused-ring (bicyclic) bond motifs is 2. The zero-order valence-corrected chi connectivity index (χ0v) is 15.9. The Labute approximate surface area is 157 Å². The summed E-state index contributed by atoms with van der Waals surface area (Å²) in [6.45, 7) is 6.80. The first-order valence-electron chi connectivity index (χ1n) is 9.32. The van der Waals surface area contributed by atoms with Gasteiger partial charge in [-0.25, -0.2) is 9.18 Å². The average Bonchev–Trinajstić information content (AvgIpc) is 3.06. The lowest BCUT2D eigenvalue weighted by atomic mass is 10.0. The van der Waals surface area contributed by atoms with E-state index in [0.29, 0.717) is 41.9 Å². The normalized spacial score (nSPS) is 22.9. The van der Waals surface area contributed by atoms with E-state index in [2.05, 4.69) is 21.8 Å². The third kappa shape index (κ3) is 3.15. The molecule has 0 aliphatic carbocycles. The molecule has 4 rings (SSSR count). The molecule has 1 aromatic heterocycles. The van der Waals surface area contributed by atoms with E-state index in [1.165, 1.54) is 12.1 Å². The van der Waals surface area contributed by atoms with Crippen LogP contribution in [0, 0.1) is 12.7 Å². The highest BCUT2D eigenvalue weighted by molar-refractivity contribution is 6.06. The lowest BCUT2D eigenvalue weighted by Crippen LogP contribution is -2.48. The van der Waals surface area contributed by atoms with Crippen LogP contribution in [0.3, 0.4) is 0 Å². The molecule has 2 unspecified atom stereocenters. The number of carbonyl (C=O) groups is 1. The van der Waals surface area contributed by atoms with Crippen molar-refractivity contribution in [1.82, 2.24) is 9.88 Å². The second-order valence-electron chi connectivity index (χ2n) is 7.22. The zero-order valence-electron chi connectivity index (χ0n) is 15.9. The number of anilines is 1. The molecule has 0 bridgehead atoms. The van der Waals surface area contributed by atoms with Crippen LogP contribution in [-0.2, 0) is 9.47 Å². The maximum Gasteiger partial charge on any atom is 0.341 e. The maximum atomic E-state index is 14.2. The Hall–Kier alpha value is -2.25. The van der Waals surface area contributed by atoms with E-state index in [-0.39, 0.29) is 24.6 Å². The number of pyridine rings is 1. The van der Waals surface area contributed by atoms with Gasteiger partial charge >= 0.3 is 5.97 Å². The van der Waals surface area contributed by atoms with Gasteiger partial charge in [0.1, 0.15) is 11.4 Å². The van der Waals surface area contributed by atoms with Crippen molar-refractivity contribution in [1.29, 1.82) is 0 Å². The fraction of sp³-hybridized carbons (Fsp3) is 0.500. The summed E-state index contributed by atoms with van der Waals surface area (Å²) < 4.78 is 25.4. The summed E-state index contributed by atoms with van der Waals surface area (Å²) >= 11 is 0. The molecule has 0 saturated carbocycles. The van der Waals surface area contributed by atoms with Gasteiger partial charge in [-0.2, -0.15) is 0 Å². The van der Waals surface area contributed by atoms with E-state index in [4.69, 9.17) is 9.47 Å². The number of morpholine rings is 1. The summed E-state index contributed by atoms with van der Waals surface area (Å²) in [5.74, 6) is -0.776. The predicted molar refractivity (Wildman–Crippen MR) is 101 cm³/mol. The van der Waals surface area contributed by atoms with E-state index in [0.717, 1.165) is 12.1 Å². The lowest BCUT2D eigenvalue weighted by Gasteiger charge is -2.33.